The molecule has 1 aromatic carbocycles. The van der Waals surface area contributed by atoms with E-state index >= 15 is 0 Å². The minimum Gasteiger partial charge on any atom is -0.327 e. The largest absolute Gasteiger partial charge is 0.327 e. The third kappa shape index (κ3) is 3.19. The third-order valence-corrected chi connectivity index (χ3v) is 3.34. The lowest BCUT2D eigenvalue weighted by atomic mass is 10.1. The van der Waals surface area contributed by atoms with Crippen molar-refractivity contribution in [3.8, 4) is 0 Å². The van der Waals surface area contributed by atoms with Crippen molar-refractivity contribution in [1.82, 2.24) is 0 Å². The summed E-state index contributed by atoms with van der Waals surface area (Å²) in [6.45, 7) is 2.09. The first kappa shape index (κ1) is 11.9. The molecule has 0 bridgehead atoms. The predicted molar refractivity (Wildman–Crippen MR) is 65.2 cm³/mol. The Balaban J connectivity index is 2.78. The standard InChI is InChI=1S/C11H16ClNS/c1-3-9(13)6-8-4-5-10(14-2)7-11(8)12/h4-5,7,9H,3,6,13H2,1-2H3. The molecule has 0 aliphatic rings. The first-order chi connectivity index (χ1) is 6.67. The Labute approximate surface area is 95.0 Å². The van der Waals surface area contributed by atoms with E-state index in [0.717, 1.165) is 23.4 Å². The molecule has 78 valence electrons. The summed E-state index contributed by atoms with van der Waals surface area (Å²) in [4.78, 5) is 1.20. The summed E-state index contributed by atoms with van der Waals surface area (Å²) < 4.78 is 0. The molecule has 0 aromatic heterocycles. The zero-order valence-corrected chi connectivity index (χ0v) is 10.2. The summed E-state index contributed by atoms with van der Waals surface area (Å²) in [7, 11) is 0. The van der Waals surface area contributed by atoms with Gasteiger partial charge >= 0.3 is 0 Å². The molecule has 1 atom stereocenters. The molecule has 2 N–H and O–H groups in total. The van der Waals surface area contributed by atoms with Crippen molar-refractivity contribution in [3.05, 3.63) is 28.8 Å². The molecule has 1 rings (SSSR count). The molecule has 0 aliphatic heterocycles. The molecule has 0 spiro atoms. The van der Waals surface area contributed by atoms with Crippen molar-refractivity contribution >= 4 is 23.4 Å². The van der Waals surface area contributed by atoms with Gasteiger partial charge in [0.1, 0.15) is 0 Å². The van der Waals surface area contributed by atoms with Gasteiger partial charge in [0, 0.05) is 16.0 Å². The second-order valence-corrected chi connectivity index (χ2v) is 4.62. The van der Waals surface area contributed by atoms with Crippen LogP contribution in [0.15, 0.2) is 23.1 Å². The first-order valence-corrected chi connectivity index (χ1v) is 6.35. The average Bonchev–Trinajstić information content (AvgIpc) is 2.20. The van der Waals surface area contributed by atoms with Crippen LogP contribution in [0.5, 0.6) is 0 Å². The van der Waals surface area contributed by atoms with E-state index in [1.54, 1.807) is 11.8 Å². The highest BCUT2D eigenvalue weighted by atomic mass is 35.5. The van der Waals surface area contributed by atoms with E-state index in [9.17, 15) is 0 Å². The fraction of sp³-hybridized carbons (Fsp3) is 0.455. The van der Waals surface area contributed by atoms with Crippen LogP contribution in [0.1, 0.15) is 18.9 Å². The summed E-state index contributed by atoms with van der Waals surface area (Å²) in [5.41, 5.74) is 7.03. The number of benzene rings is 1. The minimum atomic E-state index is 0.215. The molecule has 1 unspecified atom stereocenters. The van der Waals surface area contributed by atoms with E-state index in [1.165, 1.54) is 4.90 Å². The van der Waals surface area contributed by atoms with Crippen LogP contribution < -0.4 is 5.73 Å². The molecule has 0 saturated carbocycles. The van der Waals surface area contributed by atoms with Crippen molar-refractivity contribution in [3.63, 3.8) is 0 Å². The molecule has 0 radical (unpaired) electrons. The normalized spacial score (nSPS) is 12.9. The summed E-state index contributed by atoms with van der Waals surface area (Å²) in [6.07, 6.45) is 3.90. The summed E-state index contributed by atoms with van der Waals surface area (Å²) in [5.74, 6) is 0. The Morgan fingerprint density at radius 2 is 2.21 bits per heavy atom. The van der Waals surface area contributed by atoms with Gasteiger partial charge < -0.3 is 5.73 Å². The zero-order valence-electron chi connectivity index (χ0n) is 8.59. The maximum atomic E-state index is 6.14. The summed E-state index contributed by atoms with van der Waals surface area (Å²) in [6, 6.07) is 6.38. The van der Waals surface area contributed by atoms with E-state index in [4.69, 9.17) is 17.3 Å². The Morgan fingerprint density at radius 3 is 2.71 bits per heavy atom. The van der Waals surface area contributed by atoms with Crippen LogP contribution in [0.4, 0.5) is 0 Å². The van der Waals surface area contributed by atoms with Gasteiger partial charge in [-0.25, -0.2) is 0 Å². The van der Waals surface area contributed by atoms with Crippen molar-refractivity contribution in [1.29, 1.82) is 0 Å². The van der Waals surface area contributed by atoms with Crippen molar-refractivity contribution in [2.45, 2.75) is 30.7 Å². The van der Waals surface area contributed by atoms with E-state index in [0.29, 0.717) is 0 Å². The van der Waals surface area contributed by atoms with Gasteiger partial charge in [-0.1, -0.05) is 24.6 Å². The molecule has 1 aromatic rings. The minimum absolute atomic E-state index is 0.215. The number of hydrogen-bond donors (Lipinski definition) is 1. The highest BCUT2D eigenvalue weighted by Gasteiger charge is 2.05. The molecule has 0 amide bonds. The molecule has 3 heteroatoms. The Morgan fingerprint density at radius 1 is 1.50 bits per heavy atom. The monoisotopic (exact) mass is 229 g/mol. The average molecular weight is 230 g/mol. The predicted octanol–water partition coefficient (Wildman–Crippen LogP) is 3.34. The fourth-order valence-electron chi connectivity index (χ4n) is 1.25. The van der Waals surface area contributed by atoms with Gasteiger partial charge in [-0.3, -0.25) is 0 Å². The molecule has 1 nitrogen and oxygen atoms in total. The Hall–Kier alpha value is -0.180. The van der Waals surface area contributed by atoms with E-state index in [2.05, 4.69) is 19.1 Å². The lowest BCUT2D eigenvalue weighted by Gasteiger charge is -2.10. The lowest BCUT2D eigenvalue weighted by molar-refractivity contribution is 0.646. The summed E-state index contributed by atoms with van der Waals surface area (Å²) in [5, 5.41) is 0.834. The molecule has 0 aliphatic carbocycles. The summed E-state index contributed by atoms with van der Waals surface area (Å²) >= 11 is 7.84. The highest BCUT2D eigenvalue weighted by Crippen LogP contribution is 2.24. The van der Waals surface area contributed by atoms with Gasteiger partial charge in [-0.05, 0) is 36.8 Å². The number of nitrogens with two attached hydrogens (primary N) is 1. The number of rotatable bonds is 4. The van der Waals surface area contributed by atoms with Crippen LogP contribution in [-0.2, 0) is 6.42 Å². The van der Waals surface area contributed by atoms with Crippen LogP contribution in [0.25, 0.3) is 0 Å². The van der Waals surface area contributed by atoms with Crippen LogP contribution in [-0.4, -0.2) is 12.3 Å². The number of thioether (sulfide) groups is 1. The molecular formula is C11H16ClNS. The van der Waals surface area contributed by atoms with E-state index in [-0.39, 0.29) is 6.04 Å². The number of halogens is 1. The van der Waals surface area contributed by atoms with Gasteiger partial charge in [0.05, 0.1) is 0 Å². The van der Waals surface area contributed by atoms with Crippen molar-refractivity contribution in [2.24, 2.45) is 5.73 Å². The molecule has 14 heavy (non-hydrogen) atoms. The smallest absolute Gasteiger partial charge is 0.0449 e. The number of hydrogen-bond acceptors (Lipinski definition) is 2. The molecule has 0 saturated heterocycles. The second-order valence-electron chi connectivity index (χ2n) is 3.33. The van der Waals surface area contributed by atoms with E-state index in [1.807, 2.05) is 12.3 Å². The lowest BCUT2D eigenvalue weighted by Crippen LogP contribution is -2.21. The van der Waals surface area contributed by atoms with Crippen molar-refractivity contribution in [2.75, 3.05) is 6.26 Å². The second kappa shape index (κ2) is 5.64. The van der Waals surface area contributed by atoms with Gasteiger partial charge in [0.2, 0.25) is 0 Å². The van der Waals surface area contributed by atoms with Crippen LogP contribution >= 0.6 is 23.4 Å². The van der Waals surface area contributed by atoms with Gasteiger partial charge in [0.15, 0.2) is 0 Å². The van der Waals surface area contributed by atoms with Crippen LogP contribution in [0, 0.1) is 0 Å². The highest BCUT2D eigenvalue weighted by molar-refractivity contribution is 7.98. The van der Waals surface area contributed by atoms with E-state index < -0.39 is 0 Å². The quantitative estimate of drug-likeness (QED) is 0.802. The molecular weight excluding hydrogens is 214 g/mol. The van der Waals surface area contributed by atoms with Crippen LogP contribution in [0.3, 0.4) is 0 Å². The maximum Gasteiger partial charge on any atom is 0.0449 e. The Kier molecular flexibility index (Phi) is 4.79. The third-order valence-electron chi connectivity index (χ3n) is 2.27. The Bertz CT molecular complexity index is 301. The zero-order chi connectivity index (χ0) is 10.6. The molecule has 0 heterocycles. The first-order valence-electron chi connectivity index (χ1n) is 4.75. The SMILES string of the molecule is CCC(N)Cc1ccc(SC)cc1Cl. The molecule has 0 fully saturated rings. The maximum absolute atomic E-state index is 6.14. The van der Waals surface area contributed by atoms with Crippen LogP contribution in [0.2, 0.25) is 5.02 Å². The van der Waals surface area contributed by atoms with Gasteiger partial charge in [-0.15, -0.1) is 11.8 Å². The van der Waals surface area contributed by atoms with Gasteiger partial charge in [-0.2, -0.15) is 0 Å². The van der Waals surface area contributed by atoms with Gasteiger partial charge in [0.25, 0.3) is 0 Å². The topological polar surface area (TPSA) is 26.0 Å². The fourth-order valence-corrected chi connectivity index (χ4v) is 2.01. The van der Waals surface area contributed by atoms with Crippen molar-refractivity contribution < 1.29 is 0 Å².